The second-order valence-electron chi connectivity index (χ2n) is 4.02. The van der Waals surface area contributed by atoms with Crippen molar-refractivity contribution >= 4 is 18.3 Å². The van der Waals surface area contributed by atoms with E-state index in [0.717, 1.165) is 11.3 Å². The summed E-state index contributed by atoms with van der Waals surface area (Å²) < 4.78 is 1.66. The summed E-state index contributed by atoms with van der Waals surface area (Å²) in [6.45, 7) is 2.10. The summed E-state index contributed by atoms with van der Waals surface area (Å²) >= 11 is 0. The first kappa shape index (κ1) is 15.1. The highest BCUT2D eigenvalue weighted by atomic mass is 35.5. The van der Waals surface area contributed by atoms with Crippen molar-refractivity contribution in [3.05, 3.63) is 42.5 Å². The van der Waals surface area contributed by atoms with Crippen molar-refractivity contribution in [2.24, 2.45) is 5.73 Å². The molecule has 1 heterocycles. The SMILES string of the molecule is C[C@@H](N)C(=O)NCc1cccc(-n2cncn2)c1.Cl. The zero-order chi connectivity index (χ0) is 13.0. The van der Waals surface area contributed by atoms with Gasteiger partial charge >= 0.3 is 0 Å². The molecule has 0 aliphatic carbocycles. The number of nitrogens with one attached hydrogen (secondary N) is 1. The number of amides is 1. The van der Waals surface area contributed by atoms with E-state index in [9.17, 15) is 4.79 Å². The molecule has 0 bridgehead atoms. The predicted molar refractivity (Wildman–Crippen MR) is 74.1 cm³/mol. The van der Waals surface area contributed by atoms with E-state index in [-0.39, 0.29) is 18.3 Å². The van der Waals surface area contributed by atoms with Gasteiger partial charge in [0.15, 0.2) is 0 Å². The van der Waals surface area contributed by atoms with Gasteiger partial charge in [0.05, 0.1) is 11.7 Å². The zero-order valence-electron chi connectivity index (χ0n) is 10.5. The van der Waals surface area contributed by atoms with Crippen molar-refractivity contribution in [1.82, 2.24) is 20.1 Å². The second kappa shape index (κ2) is 6.86. The first-order valence-corrected chi connectivity index (χ1v) is 5.64. The number of hydrogen-bond acceptors (Lipinski definition) is 4. The third-order valence-corrected chi connectivity index (χ3v) is 2.47. The third kappa shape index (κ3) is 4.04. The third-order valence-electron chi connectivity index (χ3n) is 2.47. The van der Waals surface area contributed by atoms with Gasteiger partial charge < -0.3 is 11.1 Å². The van der Waals surface area contributed by atoms with Crippen LogP contribution in [0.5, 0.6) is 0 Å². The topological polar surface area (TPSA) is 85.8 Å². The van der Waals surface area contributed by atoms with Crippen LogP contribution in [-0.4, -0.2) is 26.7 Å². The molecule has 1 aromatic heterocycles. The molecule has 6 nitrogen and oxygen atoms in total. The summed E-state index contributed by atoms with van der Waals surface area (Å²) in [7, 11) is 0. The standard InChI is InChI=1S/C12H15N5O.ClH/c1-9(13)12(18)15-6-10-3-2-4-11(5-10)17-8-14-7-16-17;/h2-5,7-9H,6,13H2,1H3,(H,15,18);1H/t9-;/m1./s1. The summed E-state index contributed by atoms with van der Waals surface area (Å²) in [4.78, 5) is 15.3. The largest absolute Gasteiger partial charge is 0.351 e. The number of halogens is 1. The van der Waals surface area contributed by atoms with Crippen LogP contribution in [0.4, 0.5) is 0 Å². The van der Waals surface area contributed by atoms with Crippen molar-refractivity contribution in [2.75, 3.05) is 0 Å². The molecule has 0 unspecified atom stereocenters. The van der Waals surface area contributed by atoms with E-state index < -0.39 is 6.04 Å². The lowest BCUT2D eigenvalue weighted by molar-refractivity contribution is -0.122. The lowest BCUT2D eigenvalue weighted by Gasteiger charge is -2.08. The molecule has 0 fully saturated rings. The van der Waals surface area contributed by atoms with Gasteiger partial charge in [-0.25, -0.2) is 9.67 Å². The number of nitrogens with two attached hydrogens (primary N) is 1. The minimum absolute atomic E-state index is 0. The molecular weight excluding hydrogens is 266 g/mol. The Labute approximate surface area is 117 Å². The van der Waals surface area contributed by atoms with Gasteiger partial charge in [0.1, 0.15) is 12.7 Å². The Balaban J connectivity index is 0.00000180. The van der Waals surface area contributed by atoms with Gasteiger partial charge in [0, 0.05) is 6.54 Å². The molecule has 0 saturated carbocycles. The molecule has 1 amide bonds. The van der Waals surface area contributed by atoms with Gasteiger partial charge in [-0.3, -0.25) is 4.79 Å². The van der Waals surface area contributed by atoms with Gasteiger partial charge in [-0.15, -0.1) is 12.4 Å². The minimum Gasteiger partial charge on any atom is -0.351 e. The number of carbonyl (C=O) groups is 1. The van der Waals surface area contributed by atoms with E-state index in [1.54, 1.807) is 17.9 Å². The number of carbonyl (C=O) groups excluding carboxylic acids is 1. The van der Waals surface area contributed by atoms with E-state index in [0.29, 0.717) is 6.54 Å². The maximum absolute atomic E-state index is 11.4. The fourth-order valence-electron chi connectivity index (χ4n) is 1.50. The van der Waals surface area contributed by atoms with Gasteiger partial charge in [-0.2, -0.15) is 5.10 Å². The maximum atomic E-state index is 11.4. The van der Waals surface area contributed by atoms with E-state index in [1.165, 1.54) is 6.33 Å². The van der Waals surface area contributed by atoms with Crippen LogP contribution in [0.3, 0.4) is 0 Å². The molecule has 0 aliphatic rings. The molecule has 1 atom stereocenters. The Bertz CT molecular complexity index is 527. The highest BCUT2D eigenvalue weighted by molar-refractivity contribution is 5.85. The van der Waals surface area contributed by atoms with E-state index in [1.807, 2.05) is 24.3 Å². The Hall–Kier alpha value is -1.92. The van der Waals surface area contributed by atoms with E-state index >= 15 is 0 Å². The highest BCUT2D eigenvalue weighted by Crippen LogP contribution is 2.08. The Morgan fingerprint density at radius 1 is 1.53 bits per heavy atom. The quantitative estimate of drug-likeness (QED) is 0.862. The minimum atomic E-state index is -0.497. The van der Waals surface area contributed by atoms with Crippen molar-refractivity contribution in [1.29, 1.82) is 0 Å². The fraction of sp³-hybridized carbons (Fsp3) is 0.250. The summed E-state index contributed by atoms with van der Waals surface area (Å²) in [6, 6.07) is 7.21. The van der Waals surface area contributed by atoms with Gasteiger partial charge in [0.25, 0.3) is 0 Å². The van der Waals surface area contributed by atoms with Gasteiger partial charge in [-0.1, -0.05) is 12.1 Å². The van der Waals surface area contributed by atoms with Gasteiger partial charge in [-0.05, 0) is 24.6 Å². The Kier molecular flexibility index (Phi) is 5.47. The first-order valence-electron chi connectivity index (χ1n) is 5.64. The molecule has 2 rings (SSSR count). The molecule has 0 spiro atoms. The van der Waals surface area contributed by atoms with E-state index in [2.05, 4.69) is 15.4 Å². The normalized spacial score (nSPS) is 11.5. The molecule has 1 aromatic carbocycles. The first-order chi connectivity index (χ1) is 8.66. The molecule has 2 aromatic rings. The van der Waals surface area contributed by atoms with E-state index in [4.69, 9.17) is 5.73 Å². The summed E-state index contributed by atoms with van der Waals surface area (Å²) in [5, 5.41) is 6.81. The number of benzene rings is 1. The Morgan fingerprint density at radius 3 is 2.95 bits per heavy atom. The molecule has 3 N–H and O–H groups in total. The highest BCUT2D eigenvalue weighted by Gasteiger charge is 2.06. The zero-order valence-corrected chi connectivity index (χ0v) is 11.3. The van der Waals surface area contributed by atoms with Crippen LogP contribution in [0, 0.1) is 0 Å². The average Bonchev–Trinajstić information content (AvgIpc) is 2.90. The molecular formula is C12H16ClN5O. The van der Waals surface area contributed by atoms with Crippen LogP contribution in [0.25, 0.3) is 5.69 Å². The van der Waals surface area contributed by atoms with Crippen LogP contribution in [0.1, 0.15) is 12.5 Å². The molecule has 102 valence electrons. The van der Waals surface area contributed by atoms with Crippen LogP contribution in [0.15, 0.2) is 36.9 Å². The number of aromatic nitrogens is 3. The molecule has 7 heteroatoms. The average molecular weight is 282 g/mol. The van der Waals surface area contributed by atoms with Crippen LogP contribution < -0.4 is 11.1 Å². The number of nitrogens with zero attached hydrogens (tertiary/aromatic N) is 3. The van der Waals surface area contributed by atoms with Crippen molar-refractivity contribution in [3.8, 4) is 5.69 Å². The van der Waals surface area contributed by atoms with Crippen molar-refractivity contribution < 1.29 is 4.79 Å². The Morgan fingerprint density at radius 2 is 2.32 bits per heavy atom. The monoisotopic (exact) mass is 281 g/mol. The number of hydrogen-bond donors (Lipinski definition) is 2. The fourth-order valence-corrected chi connectivity index (χ4v) is 1.50. The van der Waals surface area contributed by atoms with Crippen LogP contribution >= 0.6 is 12.4 Å². The summed E-state index contributed by atoms with van der Waals surface area (Å²) in [6.07, 6.45) is 3.10. The molecule has 0 saturated heterocycles. The van der Waals surface area contributed by atoms with Crippen LogP contribution in [-0.2, 0) is 11.3 Å². The van der Waals surface area contributed by atoms with Crippen molar-refractivity contribution in [2.45, 2.75) is 19.5 Å². The molecule has 0 radical (unpaired) electrons. The predicted octanol–water partition coefficient (Wildman–Crippen LogP) is 0.652. The van der Waals surface area contributed by atoms with Gasteiger partial charge in [0.2, 0.25) is 5.91 Å². The maximum Gasteiger partial charge on any atom is 0.236 e. The second-order valence-corrected chi connectivity index (χ2v) is 4.02. The number of rotatable bonds is 4. The smallest absolute Gasteiger partial charge is 0.236 e. The molecule has 0 aliphatic heterocycles. The molecule has 19 heavy (non-hydrogen) atoms. The van der Waals surface area contributed by atoms with Crippen LogP contribution in [0.2, 0.25) is 0 Å². The summed E-state index contributed by atoms with van der Waals surface area (Å²) in [5.74, 6) is -0.166. The summed E-state index contributed by atoms with van der Waals surface area (Å²) in [5.41, 5.74) is 7.36. The van der Waals surface area contributed by atoms with Crippen molar-refractivity contribution in [3.63, 3.8) is 0 Å². The lowest BCUT2D eigenvalue weighted by atomic mass is 10.2. The lowest BCUT2D eigenvalue weighted by Crippen LogP contribution is -2.37.